The standard InChI is InChI=1S/C18H24N2O2/c21-11-10-16(13-8-9-13)20-18(22)7-3-4-14-12-19-17-6-2-1-5-15(14)17/h1-2,5-6,12-13,16,19,21H,3-4,7-11H2,(H,20,22). The Morgan fingerprint density at radius 3 is 2.95 bits per heavy atom. The first kappa shape index (κ1) is 15.1. The van der Waals surface area contributed by atoms with Crippen molar-refractivity contribution in [1.82, 2.24) is 10.3 Å². The maximum atomic E-state index is 12.1. The molecule has 3 rings (SSSR count). The van der Waals surface area contributed by atoms with E-state index in [1.807, 2.05) is 18.3 Å². The van der Waals surface area contributed by atoms with Crippen LogP contribution in [0.15, 0.2) is 30.5 Å². The molecule has 1 aliphatic rings. The molecule has 4 nitrogen and oxygen atoms in total. The van der Waals surface area contributed by atoms with Crippen molar-refractivity contribution in [1.29, 1.82) is 0 Å². The van der Waals surface area contributed by atoms with Crippen LogP contribution in [0.1, 0.15) is 37.7 Å². The van der Waals surface area contributed by atoms with Gasteiger partial charge in [0, 0.05) is 36.2 Å². The number of carbonyl (C=O) groups excluding carboxylic acids is 1. The molecule has 0 saturated heterocycles. The lowest BCUT2D eigenvalue weighted by Gasteiger charge is -2.17. The Bertz CT molecular complexity index is 631. The van der Waals surface area contributed by atoms with Gasteiger partial charge in [-0.1, -0.05) is 18.2 Å². The molecule has 2 aromatic rings. The van der Waals surface area contributed by atoms with E-state index in [-0.39, 0.29) is 18.6 Å². The molecule has 3 N–H and O–H groups in total. The molecule has 0 bridgehead atoms. The Morgan fingerprint density at radius 2 is 2.18 bits per heavy atom. The predicted octanol–water partition coefficient (Wildman–Crippen LogP) is 2.77. The number of carbonyl (C=O) groups is 1. The van der Waals surface area contributed by atoms with Crippen LogP contribution < -0.4 is 5.32 Å². The van der Waals surface area contributed by atoms with Crippen molar-refractivity contribution in [2.24, 2.45) is 5.92 Å². The second-order valence-electron chi connectivity index (χ2n) is 6.24. The predicted molar refractivity (Wildman–Crippen MR) is 87.6 cm³/mol. The molecule has 1 unspecified atom stereocenters. The summed E-state index contributed by atoms with van der Waals surface area (Å²) in [6.45, 7) is 0.150. The van der Waals surface area contributed by atoms with E-state index in [1.165, 1.54) is 23.8 Å². The van der Waals surface area contributed by atoms with E-state index in [2.05, 4.69) is 22.4 Å². The topological polar surface area (TPSA) is 65.1 Å². The van der Waals surface area contributed by atoms with Crippen LogP contribution in [-0.4, -0.2) is 28.6 Å². The van der Waals surface area contributed by atoms with Gasteiger partial charge in [0.25, 0.3) is 0 Å². The number of aryl methyl sites for hydroxylation is 1. The van der Waals surface area contributed by atoms with Gasteiger partial charge in [-0.3, -0.25) is 4.79 Å². The number of aliphatic hydroxyl groups is 1. The van der Waals surface area contributed by atoms with Gasteiger partial charge >= 0.3 is 0 Å². The molecule has 1 saturated carbocycles. The number of rotatable bonds is 8. The minimum absolute atomic E-state index is 0.116. The maximum absolute atomic E-state index is 12.1. The summed E-state index contributed by atoms with van der Waals surface area (Å²) in [6.07, 6.45) is 7.39. The number of aromatic amines is 1. The summed E-state index contributed by atoms with van der Waals surface area (Å²) in [5.74, 6) is 0.704. The van der Waals surface area contributed by atoms with Gasteiger partial charge in [0.05, 0.1) is 0 Å². The summed E-state index contributed by atoms with van der Waals surface area (Å²) in [7, 11) is 0. The third kappa shape index (κ3) is 3.69. The van der Waals surface area contributed by atoms with Crippen LogP contribution in [0.5, 0.6) is 0 Å². The molecule has 0 aliphatic heterocycles. The van der Waals surface area contributed by atoms with Crippen LogP contribution in [0, 0.1) is 5.92 Å². The number of aliphatic hydroxyl groups excluding tert-OH is 1. The second-order valence-corrected chi connectivity index (χ2v) is 6.24. The Labute approximate surface area is 130 Å². The molecule has 1 amide bonds. The minimum atomic E-state index is 0.116. The minimum Gasteiger partial charge on any atom is -0.396 e. The highest BCUT2D eigenvalue weighted by Crippen LogP contribution is 2.34. The second kappa shape index (κ2) is 6.97. The fourth-order valence-electron chi connectivity index (χ4n) is 3.12. The molecule has 118 valence electrons. The van der Waals surface area contributed by atoms with E-state index in [9.17, 15) is 4.79 Å². The average molecular weight is 300 g/mol. The van der Waals surface area contributed by atoms with Gasteiger partial charge in [-0.15, -0.1) is 0 Å². The summed E-state index contributed by atoms with van der Waals surface area (Å²) >= 11 is 0. The van der Waals surface area contributed by atoms with Crippen molar-refractivity contribution < 1.29 is 9.90 Å². The summed E-state index contributed by atoms with van der Waals surface area (Å²) in [6, 6.07) is 8.42. The molecule has 4 heteroatoms. The molecule has 22 heavy (non-hydrogen) atoms. The van der Waals surface area contributed by atoms with Crippen molar-refractivity contribution in [3.8, 4) is 0 Å². The normalized spacial score (nSPS) is 15.9. The lowest BCUT2D eigenvalue weighted by atomic mass is 10.1. The number of para-hydroxylation sites is 1. The molecule has 0 radical (unpaired) electrons. The molecular formula is C18H24N2O2. The largest absolute Gasteiger partial charge is 0.396 e. The third-order valence-electron chi connectivity index (χ3n) is 4.50. The number of benzene rings is 1. The molecule has 1 atom stereocenters. The average Bonchev–Trinajstić information content (AvgIpc) is 3.29. The summed E-state index contributed by atoms with van der Waals surface area (Å²) in [5.41, 5.74) is 2.43. The number of amides is 1. The quantitative estimate of drug-likeness (QED) is 0.702. The SMILES string of the molecule is O=C(CCCc1c[nH]c2ccccc12)NC(CCO)C1CC1. The zero-order valence-electron chi connectivity index (χ0n) is 12.8. The van der Waals surface area contributed by atoms with Crippen molar-refractivity contribution in [2.75, 3.05) is 6.61 Å². The van der Waals surface area contributed by atoms with Gasteiger partial charge in [0.15, 0.2) is 0 Å². The summed E-state index contributed by atoms with van der Waals surface area (Å²) in [4.78, 5) is 15.3. The van der Waals surface area contributed by atoms with E-state index in [4.69, 9.17) is 5.11 Å². The summed E-state index contributed by atoms with van der Waals surface area (Å²) < 4.78 is 0. The number of nitrogens with one attached hydrogen (secondary N) is 2. The van der Waals surface area contributed by atoms with Crippen LogP contribution in [0.3, 0.4) is 0 Å². The molecule has 1 heterocycles. The van der Waals surface area contributed by atoms with Crippen molar-refractivity contribution in [3.63, 3.8) is 0 Å². The highest BCUT2D eigenvalue weighted by molar-refractivity contribution is 5.83. The zero-order valence-corrected chi connectivity index (χ0v) is 12.8. The van der Waals surface area contributed by atoms with E-state index in [1.54, 1.807) is 0 Å². The van der Waals surface area contributed by atoms with Gasteiger partial charge < -0.3 is 15.4 Å². The first-order valence-corrected chi connectivity index (χ1v) is 8.23. The van der Waals surface area contributed by atoms with Gasteiger partial charge in [-0.25, -0.2) is 0 Å². The Morgan fingerprint density at radius 1 is 1.36 bits per heavy atom. The van der Waals surface area contributed by atoms with E-state index >= 15 is 0 Å². The van der Waals surface area contributed by atoms with Crippen molar-refractivity contribution in [2.45, 2.75) is 44.6 Å². The highest BCUT2D eigenvalue weighted by atomic mass is 16.3. The molecule has 1 aromatic carbocycles. The molecular weight excluding hydrogens is 276 g/mol. The van der Waals surface area contributed by atoms with Crippen LogP contribution in [0.4, 0.5) is 0 Å². The van der Waals surface area contributed by atoms with Gasteiger partial charge in [0.1, 0.15) is 0 Å². The molecule has 1 fully saturated rings. The van der Waals surface area contributed by atoms with Gasteiger partial charge in [-0.05, 0) is 49.7 Å². The fourth-order valence-corrected chi connectivity index (χ4v) is 3.12. The highest BCUT2D eigenvalue weighted by Gasteiger charge is 2.31. The molecule has 1 aromatic heterocycles. The molecule has 0 spiro atoms. The van der Waals surface area contributed by atoms with Crippen molar-refractivity contribution >= 4 is 16.8 Å². The number of H-pyrrole nitrogens is 1. The van der Waals surface area contributed by atoms with E-state index < -0.39 is 0 Å². The van der Waals surface area contributed by atoms with Gasteiger partial charge in [0.2, 0.25) is 5.91 Å². The number of hydrogen-bond donors (Lipinski definition) is 3. The van der Waals surface area contributed by atoms with Crippen LogP contribution in [-0.2, 0) is 11.2 Å². The van der Waals surface area contributed by atoms with Gasteiger partial charge in [-0.2, -0.15) is 0 Å². The number of fused-ring (bicyclic) bond motifs is 1. The van der Waals surface area contributed by atoms with Crippen LogP contribution in [0.25, 0.3) is 10.9 Å². The number of aromatic nitrogens is 1. The van der Waals surface area contributed by atoms with Crippen LogP contribution in [0.2, 0.25) is 0 Å². The lowest BCUT2D eigenvalue weighted by Crippen LogP contribution is -2.37. The fraction of sp³-hybridized carbons (Fsp3) is 0.500. The Kier molecular flexibility index (Phi) is 4.78. The monoisotopic (exact) mass is 300 g/mol. The summed E-state index contributed by atoms with van der Waals surface area (Å²) in [5, 5.41) is 13.4. The Balaban J connectivity index is 1.47. The lowest BCUT2D eigenvalue weighted by molar-refractivity contribution is -0.122. The first-order valence-electron chi connectivity index (χ1n) is 8.23. The number of hydrogen-bond acceptors (Lipinski definition) is 2. The van der Waals surface area contributed by atoms with E-state index in [0.717, 1.165) is 18.4 Å². The van der Waals surface area contributed by atoms with Crippen molar-refractivity contribution in [3.05, 3.63) is 36.0 Å². The first-order chi connectivity index (χ1) is 10.8. The maximum Gasteiger partial charge on any atom is 0.220 e. The molecule has 1 aliphatic carbocycles. The van der Waals surface area contributed by atoms with E-state index in [0.29, 0.717) is 18.8 Å². The smallest absolute Gasteiger partial charge is 0.220 e. The Hall–Kier alpha value is -1.81. The zero-order chi connectivity index (χ0) is 15.4. The third-order valence-corrected chi connectivity index (χ3v) is 4.50. The van der Waals surface area contributed by atoms with Crippen LogP contribution >= 0.6 is 0 Å².